The second-order valence-electron chi connectivity index (χ2n) is 8.19. The fraction of sp³-hybridized carbons (Fsp3) is 0.250. The Bertz CT molecular complexity index is 1410. The number of anilines is 1. The van der Waals surface area contributed by atoms with Gasteiger partial charge in [0.15, 0.2) is 12.4 Å². The maximum Gasteiger partial charge on any atom is 0.333 e. The Balaban J connectivity index is 0.00000280. The molecule has 37 heavy (non-hydrogen) atoms. The van der Waals surface area contributed by atoms with Crippen LogP contribution >= 0.6 is 0 Å². The SMILES string of the molecule is C.O=C(Nc1cccc2c1C(=O)c1c(-c3ccc(OCc4nn[nH]n4)cc3)n[nH]c1-2)NN1CCOCC1. The molecule has 0 saturated carbocycles. The average Bonchev–Trinajstić information content (AvgIpc) is 3.63. The summed E-state index contributed by atoms with van der Waals surface area (Å²) in [5, 5.41) is 25.6. The molecule has 190 valence electrons. The first-order chi connectivity index (χ1) is 17.7. The number of hydrogen-bond acceptors (Lipinski definition) is 9. The lowest BCUT2D eigenvalue weighted by molar-refractivity contribution is 0.0207. The van der Waals surface area contributed by atoms with Crippen LogP contribution in [-0.4, -0.2) is 73.9 Å². The van der Waals surface area contributed by atoms with Crippen molar-refractivity contribution in [1.82, 2.24) is 41.3 Å². The topological polar surface area (TPSA) is 163 Å². The van der Waals surface area contributed by atoms with Crippen LogP contribution in [0, 0.1) is 0 Å². The van der Waals surface area contributed by atoms with Gasteiger partial charge >= 0.3 is 6.03 Å². The minimum atomic E-state index is -0.414. The summed E-state index contributed by atoms with van der Waals surface area (Å²) in [5.41, 5.74) is 6.72. The van der Waals surface area contributed by atoms with Crippen molar-refractivity contribution in [1.29, 1.82) is 0 Å². The highest BCUT2D eigenvalue weighted by Gasteiger charge is 2.35. The van der Waals surface area contributed by atoms with Crippen LogP contribution in [0.1, 0.15) is 29.2 Å². The molecule has 2 aromatic heterocycles. The number of urea groups is 1. The van der Waals surface area contributed by atoms with Crippen molar-refractivity contribution in [3.05, 3.63) is 59.4 Å². The number of tetrazole rings is 1. The maximum absolute atomic E-state index is 13.5. The second kappa shape index (κ2) is 10.2. The molecule has 1 fully saturated rings. The smallest absolute Gasteiger partial charge is 0.333 e. The van der Waals surface area contributed by atoms with Crippen LogP contribution < -0.4 is 15.5 Å². The van der Waals surface area contributed by atoms with Crippen LogP contribution in [0.5, 0.6) is 5.75 Å². The molecule has 4 aromatic rings. The highest BCUT2D eigenvalue weighted by atomic mass is 16.5. The van der Waals surface area contributed by atoms with Gasteiger partial charge in [0.2, 0.25) is 5.82 Å². The summed E-state index contributed by atoms with van der Waals surface area (Å²) >= 11 is 0. The van der Waals surface area contributed by atoms with E-state index in [-0.39, 0.29) is 19.8 Å². The lowest BCUT2D eigenvalue weighted by Crippen LogP contribution is -2.49. The van der Waals surface area contributed by atoms with E-state index in [0.29, 0.717) is 71.6 Å². The van der Waals surface area contributed by atoms with E-state index < -0.39 is 6.03 Å². The van der Waals surface area contributed by atoms with Crippen molar-refractivity contribution in [2.75, 3.05) is 31.6 Å². The van der Waals surface area contributed by atoms with Crippen molar-refractivity contribution in [2.24, 2.45) is 0 Å². The second-order valence-corrected chi connectivity index (χ2v) is 8.19. The van der Waals surface area contributed by atoms with E-state index in [4.69, 9.17) is 9.47 Å². The molecule has 13 heteroatoms. The van der Waals surface area contributed by atoms with Gasteiger partial charge in [-0.05, 0) is 30.3 Å². The molecule has 6 rings (SSSR count). The number of morpholine rings is 1. The first-order valence-corrected chi connectivity index (χ1v) is 11.3. The van der Waals surface area contributed by atoms with E-state index in [9.17, 15) is 9.59 Å². The highest BCUT2D eigenvalue weighted by molar-refractivity contribution is 6.26. The van der Waals surface area contributed by atoms with E-state index in [1.54, 1.807) is 29.3 Å². The van der Waals surface area contributed by atoms with Gasteiger partial charge in [-0.25, -0.2) is 9.80 Å². The number of benzene rings is 2. The summed E-state index contributed by atoms with van der Waals surface area (Å²) in [7, 11) is 0. The van der Waals surface area contributed by atoms with Crippen LogP contribution in [0.15, 0.2) is 42.5 Å². The predicted octanol–water partition coefficient (Wildman–Crippen LogP) is 2.38. The third-order valence-corrected chi connectivity index (χ3v) is 5.96. The summed E-state index contributed by atoms with van der Waals surface area (Å²) in [5.74, 6) is 0.849. The third-order valence-electron chi connectivity index (χ3n) is 5.96. The van der Waals surface area contributed by atoms with Crippen molar-refractivity contribution >= 4 is 17.5 Å². The van der Waals surface area contributed by atoms with E-state index in [1.807, 2.05) is 18.2 Å². The van der Waals surface area contributed by atoms with Crippen LogP contribution in [0.2, 0.25) is 0 Å². The van der Waals surface area contributed by atoms with Crippen molar-refractivity contribution in [3.8, 4) is 28.3 Å². The van der Waals surface area contributed by atoms with Gasteiger partial charge in [0.1, 0.15) is 11.4 Å². The molecule has 1 aliphatic carbocycles. The van der Waals surface area contributed by atoms with E-state index in [2.05, 4.69) is 41.6 Å². The first-order valence-electron chi connectivity index (χ1n) is 11.3. The van der Waals surface area contributed by atoms with Crippen molar-refractivity contribution < 1.29 is 19.1 Å². The Morgan fingerprint density at radius 1 is 1.08 bits per heavy atom. The number of rotatable bonds is 6. The third kappa shape index (κ3) is 4.64. The Hall–Kier alpha value is -4.62. The Labute approximate surface area is 211 Å². The van der Waals surface area contributed by atoms with Crippen LogP contribution in [-0.2, 0) is 11.3 Å². The van der Waals surface area contributed by atoms with Gasteiger partial charge < -0.3 is 14.8 Å². The normalized spacial score (nSPS) is 14.4. The lowest BCUT2D eigenvalue weighted by atomic mass is 10.0. The molecular weight excluding hydrogens is 478 g/mol. The molecule has 2 amide bonds. The number of ether oxygens (including phenoxy) is 2. The molecular formula is C24H25N9O4. The molecule has 0 atom stereocenters. The molecule has 0 unspecified atom stereocenters. The van der Waals surface area contributed by atoms with Gasteiger partial charge in [-0.15, -0.1) is 10.2 Å². The molecule has 1 aliphatic heterocycles. The number of aromatic nitrogens is 6. The summed E-state index contributed by atoms with van der Waals surface area (Å²) in [6, 6.07) is 12.1. The number of nitrogens with zero attached hydrogens (tertiary/aromatic N) is 5. The minimum absolute atomic E-state index is 0. The number of hydrogen-bond donors (Lipinski definition) is 4. The monoisotopic (exact) mass is 503 g/mol. The summed E-state index contributed by atoms with van der Waals surface area (Å²) in [6.07, 6.45) is 0. The molecule has 1 saturated heterocycles. The van der Waals surface area contributed by atoms with Gasteiger partial charge in [0, 0.05) is 24.2 Å². The minimum Gasteiger partial charge on any atom is -0.485 e. The van der Waals surface area contributed by atoms with Gasteiger partial charge in [-0.1, -0.05) is 24.8 Å². The largest absolute Gasteiger partial charge is 0.485 e. The molecule has 2 aliphatic rings. The zero-order chi connectivity index (χ0) is 24.5. The molecule has 0 radical (unpaired) electrons. The standard InChI is InChI=1S/C23H21N9O4.CH4/c33-22-18-15(2-1-3-16(18)24-23(34)29-32-8-10-35-11-9-32)21-19(22)20(27-28-21)13-4-6-14(7-5-13)36-12-17-25-30-31-26-17;/h1-7H,8-12H2,(H,27,28)(H2,24,29,34)(H,25,26,30,31);1H4. The molecule has 0 spiro atoms. The average molecular weight is 504 g/mol. The van der Waals surface area contributed by atoms with E-state index >= 15 is 0 Å². The van der Waals surface area contributed by atoms with E-state index in [1.165, 1.54) is 0 Å². The zero-order valence-electron chi connectivity index (χ0n) is 18.9. The number of fused-ring (bicyclic) bond motifs is 3. The molecule has 13 nitrogen and oxygen atoms in total. The number of ketones is 1. The summed E-state index contributed by atoms with van der Waals surface area (Å²) in [6.45, 7) is 2.47. The first kappa shape index (κ1) is 24.1. The van der Waals surface area contributed by atoms with Gasteiger partial charge in [0.05, 0.1) is 35.7 Å². The lowest BCUT2D eigenvalue weighted by Gasteiger charge is -2.27. The molecule has 4 N–H and O–H groups in total. The van der Waals surface area contributed by atoms with Gasteiger partial charge in [-0.2, -0.15) is 10.3 Å². The fourth-order valence-electron chi connectivity index (χ4n) is 4.27. The number of H-pyrrole nitrogens is 2. The fourth-order valence-corrected chi connectivity index (χ4v) is 4.27. The molecule has 0 bridgehead atoms. The number of amides is 2. The van der Waals surface area contributed by atoms with Crippen LogP contribution in [0.4, 0.5) is 10.5 Å². The Morgan fingerprint density at radius 3 is 2.65 bits per heavy atom. The number of aromatic amines is 2. The number of hydrazine groups is 1. The van der Waals surface area contributed by atoms with E-state index in [0.717, 1.165) is 5.56 Å². The Kier molecular flexibility index (Phi) is 6.62. The van der Waals surface area contributed by atoms with Crippen molar-refractivity contribution in [2.45, 2.75) is 14.0 Å². The maximum atomic E-state index is 13.5. The van der Waals surface area contributed by atoms with Crippen LogP contribution in [0.3, 0.4) is 0 Å². The number of carbonyl (C=O) groups is 2. The predicted molar refractivity (Wildman–Crippen MR) is 133 cm³/mol. The number of carbonyl (C=O) groups excluding carboxylic acids is 2. The quantitative estimate of drug-likeness (QED) is 0.272. The molecule has 3 heterocycles. The highest BCUT2D eigenvalue weighted by Crippen LogP contribution is 2.43. The Morgan fingerprint density at radius 2 is 1.89 bits per heavy atom. The van der Waals surface area contributed by atoms with Crippen LogP contribution in [0.25, 0.3) is 22.5 Å². The van der Waals surface area contributed by atoms with Crippen molar-refractivity contribution in [3.63, 3.8) is 0 Å². The molecule has 2 aromatic carbocycles. The summed E-state index contributed by atoms with van der Waals surface area (Å²) in [4.78, 5) is 26.1. The van der Waals surface area contributed by atoms with Gasteiger partial charge in [-0.3, -0.25) is 15.3 Å². The number of nitrogens with one attached hydrogen (secondary N) is 4. The zero-order valence-corrected chi connectivity index (χ0v) is 18.9. The summed E-state index contributed by atoms with van der Waals surface area (Å²) < 4.78 is 11.0. The van der Waals surface area contributed by atoms with Gasteiger partial charge in [0.25, 0.3) is 0 Å².